The summed E-state index contributed by atoms with van der Waals surface area (Å²) >= 11 is 3.69. The topological polar surface area (TPSA) is 13.1 Å². The number of aryl methyl sites for hydroxylation is 2. The molecule has 1 aromatic heterocycles. The van der Waals surface area contributed by atoms with Gasteiger partial charge in [0.1, 0.15) is 0 Å². The van der Waals surface area contributed by atoms with Crippen LogP contribution in [0.3, 0.4) is 0 Å². The molecule has 2 aromatic rings. The Morgan fingerprint density at radius 2 is 2.00 bits per heavy atom. The van der Waals surface area contributed by atoms with E-state index in [-0.39, 0.29) is 4.83 Å². The van der Waals surface area contributed by atoms with E-state index in [2.05, 4.69) is 48.0 Å². The van der Waals surface area contributed by atoms with Crippen molar-refractivity contribution in [2.24, 2.45) is 0 Å². The maximum atomic E-state index is 5.09. The summed E-state index contributed by atoms with van der Waals surface area (Å²) in [6, 6.07) is 8.48. The van der Waals surface area contributed by atoms with E-state index in [1.807, 2.05) is 6.07 Å². The number of hydrogen-bond donors (Lipinski definition) is 0. The molecule has 2 rings (SSSR count). The summed E-state index contributed by atoms with van der Waals surface area (Å²) in [5.41, 5.74) is 5.05. The summed E-state index contributed by atoms with van der Waals surface area (Å²) < 4.78 is 5.09. The molecule has 0 saturated carbocycles. The minimum Gasteiger partial charge on any atom is -0.472 e. The second kappa shape index (κ2) is 4.23. The first kappa shape index (κ1) is 10.5. The molecule has 1 nitrogen and oxygen atoms in total. The third kappa shape index (κ3) is 2.15. The number of hydrogen-bond acceptors (Lipinski definition) is 1. The second-order valence-corrected chi connectivity index (χ2v) is 4.69. The molecular weight excluding hydrogens is 252 g/mol. The van der Waals surface area contributed by atoms with E-state index >= 15 is 0 Å². The third-order valence-corrected chi connectivity index (χ3v) is 3.56. The van der Waals surface area contributed by atoms with Crippen molar-refractivity contribution in [3.8, 4) is 0 Å². The number of alkyl halides is 1. The zero-order valence-corrected chi connectivity index (χ0v) is 10.4. The van der Waals surface area contributed by atoms with E-state index in [0.29, 0.717) is 0 Å². The van der Waals surface area contributed by atoms with Crippen molar-refractivity contribution in [2.45, 2.75) is 18.7 Å². The van der Waals surface area contributed by atoms with Gasteiger partial charge in [-0.2, -0.15) is 0 Å². The van der Waals surface area contributed by atoms with Crippen LogP contribution in [0.2, 0.25) is 0 Å². The van der Waals surface area contributed by atoms with Gasteiger partial charge in [-0.05, 0) is 31.0 Å². The van der Waals surface area contributed by atoms with Crippen molar-refractivity contribution in [2.75, 3.05) is 0 Å². The van der Waals surface area contributed by atoms with Gasteiger partial charge in [0.15, 0.2) is 0 Å². The second-order valence-electron chi connectivity index (χ2n) is 3.78. The maximum Gasteiger partial charge on any atom is 0.0949 e. The zero-order chi connectivity index (χ0) is 10.8. The van der Waals surface area contributed by atoms with Crippen LogP contribution in [-0.4, -0.2) is 0 Å². The van der Waals surface area contributed by atoms with Crippen molar-refractivity contribution < 1.29 is 4.42 Å². The fraction of sp³-hybridized carbons (Fsp3) is 0.231. The van der Waals surface area contributed by atoms with E-state index in [1.165, 1.54) is 16.7 Å². The molecule has 78 valence electrons. The third-order valence-electron chi connectivity index (χ3n) is 2.53. The molecule has 0 N–H and O–H groups in total. The van der Waals surface area contributed by atoms with Crippen LogP contribution in [0, 0.1) is 13.8 Å². The van der Waals surface area contributed by atoms with Gasteiger partial charge in [0, 0.05) is 5.56 Å². The van der Waals surface area contributed by atoms with Gasteiger partial charge in [-0.15, -0.1) is 0 Å². The van der Waals surface area contributed by atoms with Crippen molar-refractivity contribution in [3.05, 3.63) is 59.0 Å². The van der Waals surface area contributed by atoms with Crippen LogP contribution in [0.15, 0.2) is 41.2 Å². The minimum atomic E-state index is 0.219. The molecule has 0 aliphatic heterocycles. The molecule has 2 heteroatoms. The Morgan fingerprint density at radius 3 is 2.60 bits per heavy atom. The molecule has 0 saturated heterocycles. The summed E-state index contributed by atoms with van der Waals surface area (Å²) in [6.45, 7) is 4.24. The van der Waals surface area contributed by atoms with E-state index < -0.39 is 0 Å². The quantitative estimate of drug-likeness (QED) is 0.734. The van der Waals surface area contributed by atoms with Gasteiger partial charge in [0.05, 0.1) is 17.4 Å². The fourth-order valence-electron chi connectivity index (χ4n) is 1.71. The van der Waals surface area contributed by atoms with Gasteiger partial charge in [0.2, 0.25) is 0 Å². The highest BCUT2D eigenvalue weighted by Gasteiger charge is 2.13. The molecule has 0 radical (unpaired) electrons. The molecular formula is C13H13BrO. The predicted octanol–water partition coefficient (Wildman–Crippen LogP) is 4.38. The lowest BCUT2D eigenvalue weighted by Gasteiger charge is -2.11. The molecule has 15 heavy (non-hydrogen) atoms. The zero-order valence-electron chi connectivity index (χ0n) is 8.83. The average molecular weight is 265 g/mol. The van der Waals surface area contributed by atoms with E-state index in [9.17, 15) is 0 Å². The minimum absolute atomic E-state index is 0.219. The molecule has 0 bridgehead atoms. The van der Waals surface area contributed by atoms with Gasteiger partial charge >= 0.3 is 0 Å². The number of benzene rings is 1. The van der Waals surface area contributed by atoms with Gasteiger partial charge in [-0.25, -0.2) is 0 Å². The first-order valence-corrected chi connectivity index (χ1v) is 5.83. The predicted molar refractivity (Wildman–Crippen MR) is 65.4 cm³/mol. The van der Waals surface area contributed by atoms with Crippen molar-refractivity contribution in [3.63, 3.8) is 0 Å². The van der Waals surface area contributed by atoms with Crippen LogP contribution in [0.5, 0.6) is 0 Å². The summed E-state index contributed by atoms with van der Waals surface area (Å²) in [6.07, 6.45) is 3.48. The fourth-order valence-corrected chi connectivity index (χ4v) is 2.48. The SMILES string of the molecule is Cc1ccc(C(Br)c2ccoc2)c(C)c1. The van der Waals surface area contributed by atoms with E-state index in [0.717, 1.165) is 5.56 Å². The maximum absolute atomic E-state index is 5.09. The lowest BCUT2D eigenvalue weighted by molar-refractivity contribution is 0.564. The van der Waals surface area contributed by atoms with Crippen LogP contribution in [0.25, 0.3) is 0 Å². The molecule has 0 amide bonds. The summed E-state index contributed by atoms with van der Waals surface area (Å²) in [7, 11) is 0. The largest absolute Gasteiger partial charge is 0.472 e. The molecule has 0 spiro atoms. The standard InChI is InChI=1S/C13H13BrO/c1-9-3-4-12(10(2)7-9)13(14)11-5-6-15-8-11/h3-8,13H,1-2H3. The number of furan rings is 1. The lowest BCUT2D eigenvalue weighted by Crippen LogP contribution is -1.94. The Kier molecular flexibility index (Phi) is 2.96. The van der Waals surface area contributed by atoms with Gasteiger partial charge in [-0.1, -0.05) is 39.7 Å². The Hall–Kier alpha value is -1.02. The van der Waals surface area contributed by atoms with E-state index in [1.54, 1.807) is 12.5 Å². The first-order valence-electron chi connectivity index (χ1n) is 4.92. The summed E-state index contributed by atoms with van der Waals surface area (Å²) in [4.78, 5) is 0.219. The molecule has 1 unspecified atom stereocenters. The van der Waals surface area contributed by atoms with Crippen molar-refractivity contribution in [1.29, 1.82) is 0 Å². The Balaban J connectivity index is 2.38. The van der Waals surface area contributed by atoms with Crippen LogP contribution in [0.1, 0.15) is 27.1 Å². The van der Waals surface area contributed by atoms with Crippen LogP contribution in [-0.2, 0) is 0 Å². The molecule has 1 aromatic carbocycles. The normalized spacial score (nSPS) is 12.7. The summed E-state index contributed by atoms with van der Waals surface area (Å²) in [5.74, 6) is 0. The van der Waals surface area contributed by atoms with Crippen LogP contribution < -0.4 is 0 Å². The number of rotatable bonds is 2. The molecule has 0 fully saturated rings. The Morgan fingerprint density at radius 1 is 1.20 bits per heavy atom. The molecule has 0 aliphatic carbocycles. The molecule has 1 atom stereocenters. The average Bonchev–Trinajstić information content (AvgIpc) is 2.69. The van der Waals surface area contributed by atoms with Crippen LogP contribution in [0.4, 0.5) is 0 Å². The highest BCUT2D eigenvalue weighted by molar-refractivity contribution is 9.09. The van der Waals surface area contributed by atoms with Gasteiger partial charge < -0.3 is 4.42 Å². The Bertz CT molecular complexity index is 446. The van der Waals surface area contributed by atoms with Gasteiger partial charge in [0.25, 0.3) is 0 Å². The smallest absolute Gasteiger partial charge is 0.0949 e. The Labute approximate surface area is 98.2 Å². The highest BCUT2D eigenvalue weighted by Crippen LogP contribution is 2.33. The highest BCUT2D eigenvalue weighted by atomic mass is 79.9. The van der Waals surface area contributed by atoms with Crippen LogP contribution >= 0.6 is 15.9 Å². The lowest BCUT2D eigenvalue weighted by atomic mass is 10.0. The van der Waals surface area contributed by atoms with Crippen molar-refractivity contribution >= 4 is 15.9 Å². The molecule has 1 heterocycles. The van der Waals surface area contributed by atoms with E-state index in [4.69, 9.17) is 4.42 Å². The first-order chi connectivity index (χ1) is 7.18. The van der Waals surface area contributed by atoms with Crippen molar-refractivity contribution in [1.82, 2.24) is 0 Å². The molecule has 0 aliphatic rings. The van der Waals surface area contributed by atoms with Gasteiger partial charge in [-0.3, -0.25) is 0 Å². The number of halogens is 1. The summed E-state index contributed by atoms with van der Waals surface area (Å²) in [5, 5.41) is 0. The monoisotopic (exact) mass is 264 g/mol.